The fourth-order valence-electron chi connectivity index (χ4n) is 1.85. The van der Waals surface area contributed by atoms with Crippen LogP contribution in [0.2, 0.25) is 0 Å². The minimum atomic E-state index is -4.46. The zero-order chi connectivity index (χ0) is 17.0. The summed E-state index contributed by atoms with van der Waals surface area (Å²) >= 11 is 0. The van der Waals surface area contributed by atoms with Gasteiger partial charge in [0.05, 0.1) is 23.9 Å². The molecule has 0 bridgehead atoms. The van der Waals surface area contributed by atoms with Crippen molar-refractivity contribution in [2.45, 2.75) is 12.8 Å². The molecule has 0 aromatic heterocycles. The average molecular weight is 325 g/mol. The molecule has 2 N–H and O–H groups in total. The number of anilines is 1. The Kier molecular flexibility index (Phi) is 4.78. The number of nitrogens with two attached hydrogens (primary N) is 1. The number of esters is 1. The molecule has 0 saturated heterocycles. The van der Waals surface area contributed by atoms with Crippen LogP contribution in [0.15, 0.2) is 42.5 Å². The van der Waals surface area contributed by atoms with Crippen molar-refractivity contribution in [1.82, 2.24) is 0 Å². The Morgan fingerprint density at radius 1 is 1.13 bits per heavy atom. The summed E-state index contributed by atoms with van der Waals surface area (Å²) in [5, 5.41) is 0. The van der Waals surface area contributed by atoms with E-state index in [9.17, 15) is 18.0 Å². The van der Waals surface area contributed by atoms with Crippen LogP contribution in [0.4, 0.5) is 18.9 Å². The van der Waals surface area contributed by atoms with Crippen molar-refractivity contribution < 1.29 is 27.4 Å². The minimum Gasteiger partial charge on any atom is -0.487 e. The molecule has 23 heavy (non-hydrogen) atoms. The second-order valence-corrected chi connectivity index (χ2v) is 4.73. The molecule has 0 heterocycles. The number of ether oxygens (including phenoxy) is 2. The Labute approximate surface area is 130 Å². The highest BCUT2D eigenvalue weighted by Gasteiger charge is 2.31. The molecule has 7 heteroatoms. The number of carbonyl (C=O) groups excluding carboxylic acids is 1. The van der Waals surface area contributed by atoms with Gasteiger partial charge in [0.1, 0.15) is 12.4 Å². The lowest BCUT2D eigenvalue weighted by Gasteiger charge is -2.12. The first-order valence-electron chi connectivity index (χ1n) is 6.58. The summed E-state index contributed by atoms with van der Waals surface area (Å²) < 4.78 is 47.9. The summed E-state index contributed by atoms with van der Waals surface area (Å²) in [6, 6.07) is 9.23. The van der Waals surface area contributed by atoms with E-state index in [0.29, 0.717) is 11.1 Å². The molecule has 4 nitrogen and oxygen atoms in total. The molecule has 0 atom stereocenters. The smallest absolute Gasteiger partial charge is 0.416 e. The maximum atomic E-state index is 12.7. The van der Waals surface area contributed by atoms with Gasteiger partial charge in [0.2, 0.25) is 0 Å². The summed E-state index contributed by atoms with van der Waals surface area (Å²) in [4.78, 5) is 11.3. The van der Waals surface area contributed by atoms with Gasteiger partial charge in [0, 0.05) is 0 Å². The van der Waals surface area contributed by atoms with Crippen LogP contribution < -0.4 is 10.5 Å². The molecule has 0 aliphatic rings. The van der Waals surface area contributed by atoms with E-state index >= 15 is 0 Å². The van der Waals surface area contributed by atoms with Crippen LogP contribution in [-0.4, -0.2) is 13.1 Å². The topological polar surface area (TPSA) is 61.5 Å². The molecule has 2 aromatic carbocycles. The van der Waals surface area contributed by atoms with E-state index in [1.54, 1.807) is 24.3 Å². The molecule has 0 radical (unpaired) electrons. The molecule has 0 unspecified atom stereocenters. The molecule has 122 valence electrons. The van der Waals surface area contributed by atoms with E-state index in [1.165, 1.54) is 7.11 Å². The van der Waals surface area contributed by atoms with Crippen LogP contribution >= 0.6 is 0 Å². The molecule has 0 aliphatic heterocycles. The SMILES string of the molecule is COC(=O)c1ccc(COc2cc(C(F)(F)F)ccc2N)cc1. The maximum absolute atomic E-state index is 12.7. The third-order valence-electron chi connectivity index (χ3n) is 3.11. The summed E-state index contributed by atoms with van der Waals surface area (Å²) in [5.74, 6) is -0.517. The number of hydrogen-bond acceptors (Lipinski definition) is 4. The lowest BCUT2D eigenvalue weighted by atomic mass is 10.1. The second-order valence-electron chi connectivity index (χ2n) is 4.73. The number of carbonyl (C=O) groups is 1. The molecule has 0 fully saturated rings. The van der Waals surface area contributed by atoms with E-state index in [0.717, 1.165) is 18.2 Å². The first kappa shape index (κ1) is 16.7. The molecule has 2 rings (SSSR count). The monoisotopic (exact) mass is 325 g/mol. The van der Waals surface area contributed by atoms with Gasteiger partial charge in [-0.25, -0.2) is 4.79 Å². The summed E-state index contributed by atoms with van der Waals surface area (Å²) in [6.45, 7) is 0.0208. The highest BCUT2D eigenvalue weighted by Crippen LogP contribution is 2.34. The Hall–Kier alpha value is -2.70. The predicted octanol–water partition coefficient (Wildman–Crippen LogP) is 3.65. The van der Waals surface area contributed by atoms with Crippen molar-refractivity contribution in [2.75, 3.05) is 12.8 Å². The Bertz CT molecular complexity index is 697. The van der Waals surface area contributed by atoms with Crippen molar-refractivity contribution in [3.8, 4) is 5.75 Å². The highest BCUT2D eigenvalue weighted by molar-refractivity contribution is 5.89. The first-order valence-corrected chi connectivity index (χ1v) is 6.58. The van der Waals surface area contributed by atoms with Crippen LogP contribution in [-0.2, 0) is 17.5 Å². The van der Waals surface area contributed by atoms with Crippen molar-refractivity contribution in [3.63, 3.8) is 0 Å². The Morgan fingerprint density at radius 3 is 2.35 bits per heavy atom. The number of nitrogen functional groups attached to an aromatic ring is 1. The van der Waals surface area contributed by atoms with Gasteiger partial charge in [0.15, 0.2) is 0 Å². The fourth-order valence-corrected chi connectivity index (χ4v) is 1.85. The third kappa shape index (κ3) is 4.15. The van der Waals surface area contributed by atoms with E-state index in [4.69, 9.17) is 10.5 Å². The highest BCUT2D eigenvalue weighted by atomic mass is 19.4. The van der Waals surface area contributed by atoms with E-state index in [-0.39, 0.29) is 18.0 Å². The first-order chi connectivity index (χ1) is 10.8. The number of benzene rings is 2. The molecule has 0 spiro atoms. The number of hydrogen-bond donors (Lipinski definition) is 1. The summed E-state index contributed by atoms with van der Waals surface area (Å²) in [5.41, 5.74) is 5.96. The molecule has 0 amide bonds. The van der Waals surface area contributed by atoms with Crippen molar-refractivity contribution in [2.24, 2.45) is 0 Å². The zero-order valence-corrected chi connectivity index (χ0v) is 12.2. The van der Waals surface area contributed by atoms with Gasteiger partial charge in [0.25, 0.3) is 0 Å². The quantitative estimate of drug-likeness (QED) is 0.688. The van der Waals surface area contributed by atoms with Crippen molar-refractivity contribution in [1.29, 1.82) is 0 Å². The van der Waals surface area contributed by atoms with Gasteiger partial charge in [-0.05, 0) is 35.9 Å². The van der Waals surface area contributed by atoms with E-state index in [1.807, 2.05) is 0 Å². The number of alkyl halides is 3. The predicted molar refractivity (Wildman–Crippen MR) is 78.0 cm³/mol. The number of halogens is 3. The van der Waals surface area contributed by atoms with Crippen LogP contribution in [0.5, 0.6) is 5.75 Å². The lowest BCUT2D eigenvalue weighted by molar-refractivity contribution is -0.137. The van der Waals surface area contributed by atoms with E-state index < -0.39 is 17.7 Å². The molecular formula is C16H14F3NO3. The van der Waals surface area contributed by atoms with Crippen LogP contribution in [0.1, 0.15) is 21.5 Å². The maximum Gasteiger partial charge on any atom is 0.416 e. The standard InChI is InChI=1S/C16H14F3NO3/c1-22-15(21)11-4-2-10(3-5-11)9-23-14-8-12(16(17,18)19)6-7-13(14)20/h2-8H,9,20H2,1H3. The molecular weight excluding hydrogens is 311 g/mol. The molecule has 2 aromatic rings. The van der Waals surface area contributed by atoms with Crippen molar-refractivity contribution in [3.05, 3.63) is 59.2 Å². The summed E-state index contributed by atoms with van der Waals surface area (Å²) in [7, 11) is 1.27. The Balaban J connectivity index is 2.10. The zero-order valence-electron chi connectivity index (χ0n) is 12.2. The second kappa shape index (κ2) is 6.60. The molecule has 0 saturated carbocycles. The number of methoxy groups -OCH3 is 1. The fraction of sp³-hybridized carbons (Fsp3) is 0.188. The van der Waals surface area contributed by atoms with Gasteiger partial charge >= 0.3 is 12.1 Å². The lowest BCUT2D eigenvalue weighted by Crippen LogP contribution is -2.07. The summed E-state index contributed by atoms with van der Waals surface area (Å²) in [6.07, 6.45) is -4.46. The average Bonchev–Trinajstić information content (AvgIpc) is 2.52. The normalized spacial score (nSPS) is 11.1. The van der Waals surface area contributed by atoms with Gasteiger partial charge in [-0.3, -0.25) is 0 Å². The van der Waals surface area contributed by atoms with Gasteiger partial charge in [-0.15, -0.1) is 0 Å². The van der Waals surface area contributed by atoms with E-state index in [2.05, 4.69) is 4.74 Å². The van der Waals surface area contributed by atoms with Crippen LogP contribution in [0, 0.1) is 0 Å². The van der Waals surface area contributed by atoms with Gasteiger partial charge < -0.3 is 15.2 Å². The third-order valence-corrected chi connectivity index (χ3v) is 3.11. The molecule has 0 aliphatic carbocycles. The Morgan fingerprint density at radius 2 is 1.78 bits per heavy atom. The van der Waals surface area contributed by atoms with Gasteiger partial charge in [-0.1, -0.05) is 12.1 Å². The van der Waals surface area contributed by atoms with Crippen molar-refractivity contribution >= 4 is 11.7 Å². The largest absolute Gasteiger partial charge is 0.487 e. The van der Waals surface area contributed by atoms with Crippen LogP contribution in [0.25, 0.3) is 0 Å². The van der Waals surface area contributed by atoms with Gasteiger partial charge in [-0.2, -0.15) is 13.2 Å². The van der Waals surface area contributed by atoms with Crippen LogP contribution in [0.3, 0.4) is 0 Å². The minimum absolute atomic E-state index is 0.0208. The number of rotatable bonds is 4.